The van der Waals surface area contributed by atoms with Crippen molar-refractivity contribution in [2.24, 2.45) is 7.05 Å². The van der Waals surface area contributed by atoms with Crippen LogP contribution in [0.5, 0.6) is 0 Å². The van der Waals surface area contributed by atoms with E-state index in [2.05, 4.69) is 15.4 Å². The highest BCUT2D eigenvalue weighted by atomic mass is 35.5. The van der Waals surface area contributed by atoms with Gasteiger partial charge in [0.05, 0.1) is 53.9 Å². The maximum absolute atomic E-state index is 14.7. The van der Waals surface area contributed by atoms with Gasteiger partial charge in [-0.05, 0) is 50.5 Å². The number of hydrogen-bond acceptors (Lipinski definition) is 10. The number of amides is 1. The predicted octanol–water partition coefficient (Wildman–Crippen LogP) is 3.52. The maximum atomic E-state index is 14.7. The van der Waals surface area contributed by atoms with Gasteiger partial charge in [-0.15, -0.1) is 0 Å². The van der Waals surface area contributed by atoms with Crippen molar-refractivity contribution in [2.45, 2.75) is 45.2 Å². The Morgan fingerprint density at radius 1 is 1.22 bits per heavy atom. The smallest absolute Gasteiger partial charge is 0.285 e. The number of nitrogens with zero attached hydrogens (tertiary/aromatic N) is 6. The monoisotopic (exact) mass is 674 g/mol. The van der Waals surface area contributed by atoms with Gasteiger partial charge in [0.1, 0.15) is 5.15 Å². The number of carbonyl (C=O) groups excluding carboxylic acids is 1. The first-order chi connectivity index (χ1) is 21.8. The molecule has 0 saturated carbocycles. The summed E-state index contributed by atoms with van der Waals surface area (Å²) >= 11 is 6.03. The highest BCUT2D eigenvalue weighted by molar-refractivity contribution is 7.89. The van der Waals surface area contributed by atoms with Crippen molar-refractivity contribution in [3.8, 4) is 0 Å². The number of carbonyl (C=O) groups is 1. The van der Waals surface area contributed by atoms with Gasteiger partial charge in [0.25, 0.3) is 11.5 Å². The molecule has 1 fully saturated rings. The molecule has 0 bridgehead atoms. The molecule has 3 aromatic heterocycles. The zero-order valence-corrected chi connectivity index (χ0v) is 27.7. The summed E-state index contributed by atoms with van der Waals surface area (Å²) in [7, 11) is -0.577. The van der Waals surface area contributed by atoms with Gasteiger partial charge >= 0.3 is 0 Å². The molecule has 16 heteroatoms. The average Bonchev–Trinajstić information content (AvgIpc) is 3.37. The summed E-state index contributed by atoms with van der Waals surface area (Å²) in [4.78, 5) is 37.5. The van der Waals surface area contributed by atoms with Crippen LogP contribution in [0.3, 0.4) is 0 Å². The highest BCUT2D eigenvalue weighted by Gasteiger charge is 2.29. The van der Waals surface area contributed by atoms with E-state index in [1.54, 1.807) is 24.9 Å². The molecule has 1 amide bonds. The largest absolute Gasteiger partial charge is 0.383 e. The third kappa shape index (κ3) is 7.00. The molecule has 2 N–H and O–H groups in total. The van der Waals surface area contributed by atoms with E-state index in [1.165, 1.54) is 22.9 Å². The minimum absolute atomic E-state index is 0.0126. The fraction of sp³-hybridized carbons (Fsp3) is 0.433. The average molecular weight is 675 g/mol. The quantitative estimate of drug-likeness (QED) is 0.239. The first kappa shape index (κ1) is 33.3. The van der Waals surface area contributed by atoms with E-state index in [9.17, 15) is 22.4 Å². The van der Waals surface area contributed by atoms with Crippen molar-refractivity contribution in [2.75, 3.05) is 43.3 Å². The summed E-state index contributed by atoms with van der Waals surface area (Å²) in [5, 5.41) is 7.86. The Labute approximate surface area is 270 Å². The van der Waals surface area contributed by atoms with Crippen LogP contribution >= 0.6 is 11.6 Å². The SMILES string of the molecule is COCCn1ncc(F)c1C1CCN(c2nc3c([C@@H](C)Nc4ccc(Cl)nc4C(=O)NS(C)(=O)=O)cc(C)cc3c(=O)n2C)CC1. The molecule has 0 radical (unpaired) electrons. The number of pyridine rings is 1. The molecule has 5 rings (SSSR count). The summed E-state index contributed by atoms with van der Waals surface area (Å²) in [6, 6.07) is 6.21. The van der Waals surface area contributed by atoms with Gasteiger partial charge in [0, 0.05) is 38.7 Å². The first-order valence-corrected chi connectivity index (χ1v) is 17.0. The van der Waals surface area contributed by atoms with Crippen LogP contribution in [0, 0.1) is 12.7 Å². The fourth-order valence-corrected chi connectivity index (χ4v) is 6.47. The van der Waals surface area contributed by atoms with Crippen molar-refractivity contribution in [1.29, 1.82) is 0 Å². The Kier molecular flexibility index (Phi) is 9.65. The van der Waals surface area contributed by atoms with Gasteiger partial charge in [0.2, 0.25) is 16.0 Å². The van der Waals surface area contributed by atoms with Gasteiger partial charge in [-0.1, -0.05) is 17.7 Å². The number of piperidine rings is 1. The molecular weight excluding hydrogens is 639 g/mol. The number of aryl methyl sites for hydroxylation is 1. The van der Waals surface area contributed by atoms with E-state index in [0.29, 0.717) is 67.2 Å². The summed E-state index contributed by atoms with van der Waals surface area (Å²) in [6.07, 6.45) is 3.40. The molecule has 4 heterocycles. The number of methoxy groups -OCH3 is 1. The fourth-order valence-electron chi connectivity index (χ4n) is 5.89. The second-order valence-corrected chi connectivity index (χ2v) is 13.6. The molecule has 0 aliphatic carbocycles. The molecule has 1 saturated heterocycles. The second-order valence-electron chi connectivity index (χ2n) is 11.5. The number of rotatable bonds is 10. The first-order valence-electron chi connectivity index (χ1n) is 14.7. The van der Waals surface area contributed by atoms with E-state index in [-0.39, 0.29) is 33.8 Å². The van der Waals surface area contributed by atoms with Gasteiger partial charge < -0.3 is 15.0 Å². The summed E-state index contributed by atoms with van der Waals surface area (Å²) < 4.78 is 48.5. The van der Waals surface area contributed by atoms with Crippen LogP contribution < -0.4 is 20.5 Å². The lowest BCUT2D eigenvalue weighted by Gasteiger charge is -2.34. The summed E-state index contributed by atoms with van der Waals surface area (Å²) in [5.41, 5.74) is 2.40. The van der Waals surface area contributed by atoms with Crippen LogP contribution in [0.15, 0.2) is 35.3 Å². The molecule has 0 unspecified atom stereocenters. The molecule has 1 aliphatic rings. The van der Waals surface area contributed by atoms with E-state index in [0.717, 1.165) is 11.8 Å². The lowest BCUT2D eigenvalue weighted by atomic mass is 9.93. The topological polar surface area (TPSA) is 153 Å². The molecule has 0 spiro atoms. The Morgan fingerprint density at radius 3 is 2.61 bits per heavy atom. The maximum Gasteiger partial charge on any atom is 0.285 e. The number of hydrogen-bond donors (Lipinski definition) is 2. The normalized spacial score (nSPS) is 14.9. The Bertz CT molecular complexity index is 1960. The summed E-state index contributed by atoms with van der Waals surface area (Å²) in [6.45, 7) is 5.70. The van der Waals surface area contributed by atoms with Crippen LogP contribution in [-0.4, -0.2) is 71.7 Å². The Morgan fingerprint density at radius 2 is 1.93 bits per heavy atom. The van der Waals surface area contributed by atoms with Gasteiger partial charge in [-0.25, -0.2) is 27.5 Å². The minimum atomic E-state index is -3.86. The molecule has 46 heavy (non-hydrogen) atoms. The number of nitrogens with one attached hydrogen (secondary N) is 2. The van der Waals surface area contributed by atoms with Crippen LogP contribution in [0.4, 0.5) is 16.0 Å². The Hall–Kier alpha value is -4.08. The number of benzene rings is 1. The van der Waals surface area contributed by atoms with Crippen LogP contribution in [0.1, 0.15) is 59.0 Å². The third-order valence-electron chi connectivity index (χ3n) is 8.03. The van der Waals surface area contributed by atoms with Crippen LogP contribution in [-0.2, 0) is 28.4 Å². The molecule has 1 aliphatic heterocycles. The van der Waals surface area contributed by atoms with E-state index in [4.69, 9.17) is 21.3 Å². The predicted molar refractivity (Wildman–Crippen MR) is 174 cm³/mol. The number of fused-ring (bicyclic) bond motifs is 1. The zero-order chi connectivity index (χ0) is 33.3. The highest BCUT2D eigenvalue weighted by Crippen LogP contribution is 2.33. The van der Waals surface area contributed by atoms with Crippen LogP contribution in [0.25, 0.3) is 10.9 Å². The van der Waals surface area contributed by atoms with Gasteiger partial charge in [-0.3, -0.25) is 18.8 Å². The number of halogens is 2. The lowest BCUT2D eigenvalue weighted by molar-refractivity contribution is 0.0977. The van der Waals surface area contributed by atoms with Crippen molar-refractivity contribution in [3.05, 3.63) is 74.3 Å². The number of sulfonamides is 1. The molecule has 246 valence electrons. The molecule has 13 nitrogen and oxygen atoms in total. The molecular formula is C30H36ClFN8O5S. The van der Waals surface area contributed by atoms with Gasteiger partial charge in [-0.2, -0.15) is 5.10 Å². The standard InChI is InChI=1S/C30H36ClFN8O5S/c1-17-14-20(18(2)34-23-6-7-24(31)35-26(23)28(41)37-46(5,43)44)25-21(15-17)29(42)38(3)30(36-25)39-10-8-19(9-11-39)27-22(32)16-33-40(27)12-13-45-4/h6-7,14-16,18-19,34H,8-13H2,1-5H3,(H,37,41)/t18-/m1/s1. The number of anilines is 2. The molecule has 4 aromatic rings. The van der Waals surface area contributed by atoms with Crippen LogP contribution in [0.2, 0.25) is 5.15 Å². The van der Waals surface area contributed by atoms with Crippen molar-refractivity contribution >= 4 is 50.1 Å². The van der Waals surface area contributed by atoms with Gasteiger partial charge in [0.15, 0.2) is 11.5 Å². The lowest BCUT2D eigenvalue weighted by Crippen LogP contribution is -2.38. The van der Waals surface area contributed by atoms with Crippen molar-refractivity contribution in [1.82, 2.24) is 29.0 Å². The Balaban J connectivity index is 1.46. The zero-order valence-electron chi connectivity index (χ0n) is 26.2. The van der Waals surface area contributed by atoms with Crippen molar-refractivity contribution in [3.63, 3.8) is 0 Å². The molecule has 1 aromatic carbocycles. The number of ether oxygens (including phenoxy) is 1. The number of aromatic nitrogens is 5. The third-order valence-corrected chi connectivity index (χ3v) is 8.80. The second kappa shape index (κ2) is 13.3. The van der Waals surface area contributed by atoms with E-state index < -0.39 is 22.0 Å². The summed E-state index contributed by atoms with van der Waals surface area (Å²) in [5.74, 6) is -0.825. The van der Waals surface area contributed by atoms with Crippen molar-refractivity contribution < 1.29 is 22.3 Å². The van der Waals surface area contributed by atoms with E-state index in [1.807, 2.05) is 29.5 Å². The van der Waals surface area contributed by atoms with E-state index >= 15 is 0 Å². The molecule has 1 atom stereocenters. The minimum Gasteiger partial charge on any atom is -0.383 e.